The van der Waals surface area contributed by atoms with Crippen LogP contribution in [0, 0.1) is 13.8 Å². The van der Waals surface area contributed by atoms with E-state index in [0.717, 1.165) is 27.8 Å². The molecule has 2 aromatic heterocycles. The van der Waals surface area contributed by atoms with Crippen LogP contribution in [0.2, 0.25) is 0 Å². The Morgan fingerprint density at radius 2 is 2.05 bits per heavy atom. The van der Waals surface area contributed by atoms with Crippen LogP contribution in [0.5, 0.6) is 0 Å². The minimum atomic E-state index is 0.781. The summed E-state index contributed by atoms with van der Waals surface area (Å²) in [7, 11) is 0. The molecule has 6 heteroatoms. The van der Waals surface area contributed by atoms with Gasteiger partial charge in [-0.25, -0.2) is 0 Å². The molecule has 1 aromatic carbocycles. The zero-order chi connectivity index (χ0) is 14.1. The van der Waals surface area contributed by atoms with Crippen molar-refractivity contribution >= 4 is 28.9 Å². The monoisotopic (exact) mass is 285 g/mol. The lowest BCUT2D eigenvalue weighted by Crippen LogP contribution is -1.96. The average molecular weight is 285 g/mol. The van der Waals surface area contributed by atoms with Crippen LogP contribution in [0.4, 0.5) is 0 Å². The Labute approximate surface area is 121 Å². The van der Waals surface area contributed by atoms with Gasteiger partial charge in [0, 0.05) is 22.2 Å². The molecule has 2 heterocycles. The first-order valence-electron chi connectivity index (χ1n) is 6.28. The van der Waals surface area contributed by atoms with Gasteiger partial charge in [0.1, 0.15) is 0 Å². The number of aryl methyl sites for hydroxylation is 2. The van der Waals surface area contributed by atoms with Crippen molar-refractivity contribution in [2.75, 3.05) is 6.26 Å². The Bertz CT molecular complexity index is 784. The second-order valence-electron chi connectivity index (χ2n) is 4.50. The largest absolute Gasteiger partial charge is 0.358 e. The maximum absolute atomic E-state index is 4.52. The molecule has 3 aromatic rings. The van der Waals surface area contributed by atoms with Gasteiger partial charge in [0.15, 0.2) is 5.82 Å². The normalized spacial score (nSPS) is 11.8. The van der Waals surface area contributed by atoms with E-state index in [4.69, 9.17) is 0 Å². The summed E-state index contributed by atoms with van der Waals surface area (Å²) in [5.41, 5.74) is 3.32. The number of H-pyrrole nitrogens is 1. The molecule has 5 nitrogen and oxygen atoms in total. The number of para-hydroxylation sites is 1. The first-order valence-corrected chi connectivity index (χ1v) is 7.51. The number of nitrogens with one attached hydrogen (secondary N) is 1. The predicted octanol–water partition coefficient (Wildman–Crippen LogP) is 2.98. The minimum absolute atomic E-state index is 0.781. The van der Waals surface area contributed by atoms with E-state index in [-0.39, 0.29) is 0 Å². The molecule has 0 radical (unpaired) electrons. The standard InChI is InChI=1S/C14H15N5S/c1-9-12(11-6-4-5-7-13(11)16-9)8-15-19-10(2)17-18-14(19)20-3/h4-8,16H,1-3H3/b15-8-. The lowest BCUT2D eigenvalue weighted by atomic mass is 10.1. The molecule has 0 atom stereocenters. The van der Waals surface area contributed by atoms with Gasteiger partial charge >= 0.3 is 0 Å². The van der Waals surface area contributed by atoms with E-state index >= 15 is 0 Å². The minimum Gasteiger partial charge on any atom is -0.358 e. The van der Waals surface area contributed by atoms with Crippen molar-refractivity contribution in [3.8, 4) is 0 Å². The van der Waals surface area contributed by atoms with Gasteiger partial charge in [-0.3, -0.25) is 0 Å². The number of rotatable bonds is 3. The number of aromatic amines is 1. The zero-order valence-electron chi connectivity index (χ0n) is 11.6. The highest BCUT2D eigenvalue weighted by Gasteiger charge is 2.08. The molecule has 0 unspecified atom stereocenters. The summed E-state index contributed by atoms with van der Waals surface area (Å²) >= 11 is 1.53. The van der Waals surface area contributed by atoms with Crippen molar-refractivity contribution < 1.29 is 0 Å². The van der Waals surface area contributed by atoms with Gasteiger partial charge in [-0.05, 0) is 26.2 Å². The average Bonchev–Trinajstić information content (AvgIpc) is 2.96. The molecule has 0 fully saturated rings. The van der Waals surface area contributed by atoms with Crippen LogP contribution in [0.25, 0.3) is 10.9 Å². The van der Waals surface area contributed by atoms with E-state index in [2.05, 4.69) is 39.3 Å². The van der Waals surface area contributed by atoms with E-state index in [0.29, 0.717) is 0 Å². The van der Waals surface area contributed by atoms with Crippen molar-refractivity contribution in [2.45, 2.75) is 19.0 Å². The van der Waals surface area contributed by atoms with Crippen molar-refractivity contribution in [2.24, 2.45) is 5.10 Å². The molecule has 0 aliphatic carbocycles. The fraction of sp³-hybridized carbons (Fsp3) is 0.214. The van der Waals surface area contributed by atoms with Crippen LogP contribution < -0.4 is 0 Å². The molecule has 1 N–H and O–H groups in total. The molecule has 0 aliphatic heterocycles. The Kier molecular flexibility index (Phi) is 3.31. The van der Waals surface area contributed by atoms with E-state index in [1.54, 1.807) is 4.68 Å². The Hall–Kier alpha value is -2.08. The predicted molar refractivity (Wildman–Crippen MR) is 82.6 cm³/mol. The highest BCUT2D eigenvalue weighted by atomic mass is 32.2. The highest BCUT2D eigenvalue weighted by molar-refractivity contribution is 7.98. The maximum atomic E-state index is 4.52. The summed E-state index contributed by atoms with van der Waals surface area (Å²) in [5, 5.41) is 14.6. The second kappa shape index (κ2) is 5.13. The van der Waals surface area contributed by atoms with Crippen LogP contribution in [-0.4, -0.2) is 32.3 Å². The first kappa shape index (κ1) is 12.9. The van der Waals surface area contributed by atoms with Crippen molar-refractivity contribution in [1.82, 2.24) is 19.9 Å². The van der Waals surface area contributed by atoms with Gasteiger partial charge in [0.2, 0.25) is 5.16 Å². The van der Waals surface area contributed by atoms with Crippen LogP contribution in [-0.2, 0) is 0 Å². The summed E-state index contributed by atoms with van der Waals surface area (Å²) in [4.78, 5) is 3.36. The number of nitrogens with zero attached hydrogens (tertiary/aromatic N) is 4. The maximum Gasteiger partial charge on any atom is 0.211 e. The third-order valence-electron chi connectivity index (χ3n) is 3.20. The van der Waals surface area contributed by atoms with Crippen molar-refractivity contribution in [1.29, 1.82) is 0 Å². The lowest BCUT2D eigenvalue weighted by Gasteiger charge is -1.99. The molecular formula is C14H15N5S. The highest BCUT2D eigenvalue weighted by Crippen LogP contribution is 2.20. The zero-order valence-corrected chi connectivity index (χ0v) is 12.4. The molecule has 0 saturated heterocycles. The molecular weight excluding hydrogens is 270 g/mol. The van der Waals surface area contributed by atoms with Crippen molar-refractivity contribution in [3.63, 3.8) is 0 Å². The van der Waals surface area contributed by atoms with Crippen LogP contribution in [0.3, 0.4) is 0 Å². The fourth-order valence-corrected chi connectivity index (χ4v) is 2.65. The number of fused-ring (bicyclic) bond motifs is 1. The number of aromatic nitrogens is 4. The number of benzene rings is 1. The SMILES string of the molecule is CSc1nnc(C)n1/N=C\c1c(C)[nH]c2ccccc12. The van der Waals surface area contributed by atoms with E-state index < -0.39 is 0 Å². The molecule has 0 spiro atoms. The molecule has 3 rings (SSSR count). The van der Waals surface area contributed by atoms with Crippen LogP contribution >= 0.6 is 11.8 Å². The van der Waals surface area contributed by atoms with E-state index in [9.17, 15) is 0 Å². The summed E-state index contributed by atoms with van der Waals surface area (Å²) < 4.78 is 1.76. The molecule has 0 amide bonds. The van der Waals surface area contributed by atoms with Gasteiger partial charge in [-0.15, -0.1) is 10.2 Å². The van der Waals surface area contributed by atoms with Gasteiger partial charge in [0.25, 0.3) is 0 Å². The Morgan fingerprint density at radius 1 is 1.25 bits per heavy atom. The molecule has 0 bridgehead atoms. The third kappa shape index (κ3) is 2.12. The topological polar surface area (TPSA) is 58.9 Å². The van der Waals surface area contributed by atoms with E-state index in [1.807, 2.05) is 31.5 Å². The van der Waals surface area contributed by atoms with Crippen LogP contribution in [0.1, 0.15) is 17.1 Å². The summed E-state index contributed by atoms with van der Waals surface area (Å²) in [5.74, 6) is 0.781. The number of hydrogen-bond donors (Lipinski definition) is 1. The smallest absolute Gasteiger partial charge is 0.211 e. The number of hydrogen-bond acceptors (Lipinski definition) is 4. The van der Waals surface area contributed by atoms with Gasteiger partial charge in [0.05, 0.1) is 6.21 Å². The van der Waals surface area contributed by atoms with Crippen LogP contribution in [0.15, 0.2) is 34.5 Å². The molecule has 0 saturated carbocycles. The third-order valence-corrected chi connectivity index (χ3v) is 3.82. The van der Waals surface area contributed by atoms with Gasteiger partial charge in [-0.1, -0.05) is 30.0 Å². The van der Waals surface area contributed by atoms with Gasteiger partial charge in [-0.2, -0.15) is 9.78 Å². The quantitative estimate of drug-likeness (QED) is 0.594. The summed E-state index contributed by atoms with van der Waals surface area (Å²) in [6.45, 7) is 3.95. The summed E-state index contributed by atoms with van der Waals surface area (Å²) in [6, 6.07) is 8.21. The molecule has 20 heavy (non-hydrogen) atoms. The molecule has 0 aliphatic rings. The Balaban J connectivity index is 2.07. The Morgan fingerprint density at radius 3 is 2.85 bits per heavy atom. The second-order valence-corrected chi connectivity index (χ2v) is 5.27. The summed E-state index contributed by atoms with van der Waals surface area (Å²) in [6.07, 6.45) is 3.83. The molecule has 102 valence electrons. The first-order chi connectivity index (χ1) is 9.70. The number of thioether (sulfide) groups is 1. The van der Waals surface area contributed by atoms with Crippen molar-refractivity contribution in [3.05, 3.63) is 41.3 Å². The van der Waals surface area contributed by atoms with E-state index in [1.165, 1.54) is 17.1 Å². The lowest BCUT2D eigenvalue weighted by molar-refractivity contribution is 0.745. The fourth-order valence-electron chi connectivity index (χ4n) is 2.18. The van der Waals surface area contributed by atoms with Gasteiger partial charge < -0.3 is 4.98 Å².